The van der Waals surface area contributed by atoms with E-state index in [1.807, 2.05) is 24.0 Å². The minimum atomic E-state index is 0.0354. The first kappa shape index (κ1) is 21.4. The van der Waals surface area contributed by atoms with Crippen LogP contribution in [-0.2, 0) is 17.8 Å². The van der Waals surface area contributed by atoms with Gasteiger partial charge < -0.3 is 9.88 Å². The first-order valence-corrected chi connectivity index (χ1v) is 11.8. The molecule has 0 bridgehead atoms. The lowest BCUT2D eigenvalue weighted by Crippen LogP contribution is -2.31. The Hall–Kier alpha value is -3.41. The van der Waals surface area contributed by atoms with Gasteiger partial charge in [-0.25, -0.2) is 4.98 Å². The maximum absolute atomic E-state index is 13.2. The zero-order chi connectivity index (χ0) is 22.9. The third kappa shape index (κ3) is 4.30. The van der Waals surface area contributed by atoms with Crippen LogP contribution in [0.25, 0.3) is 11.0 Å². The second-order valence-electron chi connectivity index (χ2n) is 9.18. The SMILES string of the molecule is Cc1ccc2nc([C@H]3CCCN3C(=O)CCc3c(C)nn(Cc4ccccc4)c3C)[nH]c2c1. The van der Waals surface area contributed by atoms with E-state index in [1.54, 1.807) is 0 Å². The highest BCUT2D eigenvalue weighted by Crippen LogP contribution is 2.32. The Labute approximate surface area is 194 Å². The molecule has 0 unspecified atom stereocenters. The largest absolute Gasteiger partial charge is 0.340 e. The van der Waals surface area contributed by atoms with Crippen LogP contribution in [0.5, 0.6) is 0 Å². The highest BCUT2D eigenvalue weighted by molar-refractivity contribution is 5.78. The fourth-order valence-electron chi connectivity index (χ4n) is 5.03. The van der Waals surface area contributed by atoms with Gasteiger partial charge in [0.25, 0.3) is 0 Å². The molecule has 6 nitrogen and oxygen atoms in total. The number of imidazole rings is 1. The van der Waals surface area contributed by atoms with E-state index in [1.165, 1.54) is 16.7 Å². The second kappa shape index (κ2) is 8.85. The van der Waals surface area contributed by atoms with Crippen molar-refractivity contribution in [2.75, 3.05) is 6.54 Å². The number of nitrogens with one attached hydrogen (secondary N) is 1. The molecular formula is C27H31N5O. The number of hydrogen-bond acceptors (Lipinski definition) is 3. The van der Waals surface area contributed by atoms with Crippen LogP contribution in [0.3, 0.4) is 0 Å². The van der Waals surface area contributed by atoms with Crippen molar-refractivity contribution < 1.29 is 4.79 Å². The number of aromatic nitrogens is 4. The van der Waals surface area contributed by atoms with Crippen molar-refractivity contribution >= 4 is 16.9 Å². The number of nitrogens with zero attached hydrogens (tertiary/aromatic N) is 4. The van der Waals surface area contributed by atoms with Gasteiger partial charge in [-0.15, -0.1) is 0 Å². The fourth-order valence-corrected chi connectivity index (χ4v) is 5.03. The van der Waals surface area contributed by atoms with Crippen LogP contribution in [0, 0.1) is 20.8 Å². The molecular weight excluding hydrogens is 410 g/mol. The van der Waals surface area contributed by atoms with E-state index in [0.29, 0.717) is 12.8 Å². The highest BCUT2D eigenvalue weighted by atomic mass is 16.2. The molecule has 4 aromatic rings. The molecule has 3 heterocycles. The predicted molar refractivity (Wildman–Crippen MR) is 130 cm³/mol. The molecule has 1 atom stereocenters. The van der Waals surface area contributed by atoms with Crippen LogP contribution < -0.4 is 0 Å². The third-order valence-corrected chi connectivity index (χ3v) is 6.84. The number of rotatable bonds is 6. The Morgan fingerprint density at radius 2 is 1.94 bits per heavy atom. The number of H-pyrrole nitrogens is 1. The number of carbonyl (C=O) groups is 1. The molecule has 1 fully saturated rings. The van der Waals surface area contributed by atoms with E-state index in [-0.39, 0.29) is 11.9 Å². The van der Waals surface area contributed by atoms with Gasteiger partial charge in [0.05, 0.1) is 29.3 Å². The first-order chi connectivity index (χ1) is 16.0. The quantitative estimate of drug-likeness (QED) is 0.456. The van der Waals surface area contributed by atoms with Crippen LogP contribution in [0.1, 0.15) is 59.2 Å². The van der Waals surface area contributed by atoms with Gasteiger partial charge in [0.2, 0.25) is 5.91 Å². The van der Waals surface area contributed by atoms with Gasteiger partial charge in [-0.2, -0.15) is 5.10 Å². The lowest BCUT2D eigenvalue weighted by Gasteiger charge is -2.23. The summed E-state index contributed by atoms with van der Waals surface area (Å²) >= 11 is 0. The Morgan fingerprint density at radius 3 is 2.76 bits per heavy atom. The maximum Gasteiger partial charge on any atom is 0.223 e. The van der Waals surface area contributed by atoms with Crippen LogP contribution in [-0.4, -0.2) is 37.1 Å². The first-order valence-electron chi connectivity index (χ1n) is 11.8. The van der Waals surface area contributed by atoms with Crippen molar-refractivity contribution in [3.8, 4) is 0 Å². The third-order valence-electron chi connectivity index (χ3n) is 6.84. The van der Waals surface area contributed by atoms with Crippen LogP contribution in [0.2, 0.25) is 0 Å². The van der Waals surface area contributed by atoms with E-state index in [2.05, 4.69) is 59.9 Å². The summed E-state index contributed by atoms with van der Waals surface area (Å²) < 4.78 is 2.06. The summed E-state index contributed by atoms with van der Waals surface area (Å²) in [6, 6.07) is 16.6. The highest BCUT2D eigenvalue weighted by Gasteiger charge is 2.32. The number of likely N-dealkylation sites (tertiary alicyclic amines) is 1. The van der Waals surface area contributed by atoms with Crippen molar-refractivity contribution in [2.45, 2.75) is 59.0 Å². The van der Waals surface area contributed by atoms with Gasteiger partial charge in [0, 0.05) is 18.7 Å². The number of fused-ring (bicyclic) bond motifs is 1. The van der Waals surface area contributed by atoms with Crippen molar-refractivity contribution in [3.63, 3.8) is 0 Å². The molecule has 0 saturated carbocycles. The van der Waals surface area contributed by atoms with Crippen molar-refractivity contribution in [2.24, 2.45) is 0 Å². The topological polar surface area (TPSA) is 66.8 Å². The number of aryl methyl sites for hydroxylation is 2. The van der Waals surface area contributed by atoms with Gasteiger partial charge >= 0.3 is 0 Å². The summed E-state index contributed by atoms with van der Waals surface area (Å²) in [4.78, 5) is 23.5. The van der Waals surface area contributed by atoms with E-state index in [0.717, 1.165) is 54.2 Å². The molecule has 0 spiro atoms. The lowest BCUT2D eigenvalue weighted by atomic mass is 10.1. The summed E-state index contributed by atoms with van der Waals surface area (Å²) in [7, 11) is 0. The molecule has 1 aliphatic heterocycles. The lowest BCUT2D eigenvalue weighted by molar-refractivity contribution is -0.132. The Bertz CT molecular complexity index is 1290. The molecule has 0 aliphatic carbocycles. The number of amides is 1. The van der Waals surface area contributed by atoms with Crippen molar-refractivity contribution in [1.29, 1.82) is 0 Å². The van der Waals surface area contributed by atoms with Crippen molar-refractivity contribution in [3.05, 3.63) is 82.4 Å². The maximum atomic E-state index is 13.2. The Kier molecular flexibility index (Phi) is 5.75. The summed E-state index contributed by atoms with van der Waals surface area (Å²) in [5.74, 6) is 1.10. The number of aromatic amines is 1. The number of carbonyl (C=O) groups excluding carboxylic acids is 1. The van der Waals surface area contributed by atoms with Crippen molar-refractivity contribution in [1.82, 2.24) is 24.6 Å². The summed E-state index contributed by atoms with van der Waals surface area (Å²) in [6.07, 6.45) is 3.18. The molecule has 1 amide bonds. The molecule has 5 rings (SSSR count). The molecule has 2 aromatic heterocycles. The average molecular weight is 442 g/mol. The molecule has 0 radical (unpaired) electrons. The van der Waals surface area contributed by atoms with Gasteiger partial charge in [-0.1, -0.05) is 36.4 Å². The predicted octanol–water partition coefficient (Wildman–Crippen LogP) is 5.03. The smallest absolute Gasteiger partial charge is 0.223 e. The molecule has 1 N–H and O–H groups in total. The number of benzene rings is 2. The second-order valence-corrected chi connectivity index (χ2v) is 9.18. The monoisotopic (exact) mass is 441 g/mol. The normalized spacial score (nSPS) is 16.1. The summed E-state index contributed by atoms with van der Waals surface area (Å²) in [5.41, 5.74) is 7.79. The Morgan fingerprint density at radius 1 is 1.12 bits per heavy atom. The summed E-state index contributed by atoms with van der Waals surface area (Å²) in [5, 5.41) is 4.75. The standard InChI is InChI=1S/C27H31N5O/c1-18-11-13-23-24(16-18)29-27(28-23)25-10-7-15-31(25)26(33)14-12-22-19(2)30-32(20(22)3)17-21-8-5-4-6-9-21/h4-6,8-9,11,13,16,25H,7,10,12,14-15,17H2,1-3H3,(H,28,29)/t25-/m1/s1. The van der Waals surface area contributed by atoms with E-state index in [9.17, 15) is 4.79 Å². The fraction of sp³-hybridized carbons (Fsp3) is 0.370. The van der Waals surface area contributed by atoms with Crippen LogP contribution in [0.15, 0.2) is 48.5 Å². The molecule has 2 aromatic carbocycles. The van der Waals surface area contributed by atoms with E-state index < -0.39 is 0 Å². The minimum Gasteiger partial charge on any atom is -0.340 e. The zero-order valence-corrected chi connectivity index (χ0v) is 19.6. The Balaban J connectivity index is 1.28. The molecule has 170 valence electrons. The molecule has 6 heteroatoms. The molecule has 33 heavy (non-hydrogen) atoms. The van der Waals surface area contributed by atoms with Crippen LogP contribution >= 0.6 is 0 Å². The van der Waals surface area contributed by atoms with Gasteiger partial charge in [-0.3, -0.25) is 9.48 Å². The summed E-state index contributed by atoms with van der Waals surface area (Å²) in [6.45, 7) is 7.78. The average Bonchev–Trinajstić information content (AvgIpc) is 3.51. The van der Waals surface area contributed by atoms with Crippen LogP contribution in [0.4, 0.5) is 0 Å². The molecule has 1 saturated heterocycles. The van der Waals surface area contributed by atoms with E-state index in [4.69, 9.17) is 10.1 Å². The zero-order valence-electron chi connectivity index (χ0n) is 19.6. The van der Waals surface area contributed by atoms with Gasteiger partial charge in [-0.05, 0) is 68.9 Å². The number of hydrogen-bond donors (Lipinski definition) is 1. The van der Waals surface area contributed by atoms with Gasteiger partial charge in [0.15, 0.2) is 0 Å². The minimum absolute atomic E-state index is 0.0354. The van der Waals surface area contributed by atoms with E-state index >= 15 is 0 Å². The molecule has 1 aliphatic rings. The van der Waals surface area contributed by atoms with Gasteiger partial charge in [0.1, 0.15) is 5.82 Å².